The summed E-state index contributed by atoms with van der Waals surface area (Å²) in [4.78, 5) is 25.9. The molecule has 0 amide bonds. The van der Waals surface area contributed by atoms with E-state index in [1.54, 1.807) is 12.1 Å². The van der Waals surface area contributed by atoms with Crippen molar-refractivity contribution in [3.63, 3.8) is 0 Å². The third-order valence-corrected chi connectivity index (χ3v) is 7.42. The molecule has 0 unspecified atom stereocenters. The van der Waals surface area contributed by atoms with Gasteiger partial charge in [0.1, 0.15) is 17.7 Å². The van der Waals surface area contributed by atoms with Crippen LogP contribution in [0.2, 0.25) is 0 Å². The number of hydrogen-bond acceptors (Lipinski definition) is 11. The van der Waals surface area contributed by atoms with Crippen molar-refractivity contribution in [1.82, 2.24) is 19.7 Å². The summed E-state index contributed by atoms with van der Waals surface area (Å²) in [6, 6.07) is 16.8. The van der Waals surface area contributed by atoms with Crippen LogP contribution in [0.4, 0.5) is 10.7 Å². The fourth-order valence-electron chi connectivity index (χ4n) is 3.03. The van der Waals surface area contributed by atoms with Crippen molar-refractivity contribution in [2.24, 2.45) is 0 Å². The van der Waals surface area contributed by atoms with E-state index in [9.17, 15) is 20.2 Å². The van der Waals surface area contributed by atoms with E-state index in [1.165, 1.54) is 53.6 Å². The highest BCUT2D eigenvalue weighted by molar-refractivity contribution is 8.01. The van der Waals surface area contributed by atoms with Crippen LogP contribution in [0.5, 0.6) is 11.5 Å². The van der Waals surface area contributed by atoms with Crippen LogP contribution in [0.15, 0.2) is 81.7 Å². The van der Waals surface area contributed by atoms with Crippen LogP contribution >= 0.6 is 34.4 Å². The van der Waals surface area contributed by atoms with E-state index in [4.69, 9.17) is 4.74 Å². The van der Waals surface area contributed by atoms with E-state index in [1.807, 2.05) is 34.2 Å². The fourth-order valence-corrected chi connectivity index (χ4v) is 5.46. The van der Waals surface area contributed by atoms with Crippen molar-refractivity contribution in [2.75, 3.05) is 0 Å². The van der Waals surface area contributed by atoms with Crippen LogP contribution < -0.4 is 4.74 Å². The molecule has 0 radical (unpaired) electrons. The average Bonchev–Trinajstić information content (AvgIpc) is 3.61. The number of benzene rings is 2. The number of nitrogens with zero attached hydrogens (tertiary/aromatic N) is 6. The maximum Gasteiger partial charge on any atom is 0.344 e. The third kappa shape index (κ3) is 4.89. The van der Waals surface area contributed by atoms with Crippen LogP contribution in [-0.4, -0.2) is 29.6 Å². The smallest absolute Gasteiger partial charge is 0.344 e. The highest BCUT2D eigenvalue weighted by Gasteiger charge is 2.20. The first kappa shape index (κ1) is 22.6. The molecule has 0 aliphatic heterocycles. The van der Waals surface area contributed by atoms with Crippen LogP contribution in [0.3, 0.4) is 0 Å². The van der Waals surface area contributed by atoms with Gasteiger partial charge in [-0.25, -0.2) is 4.98 Å². The molecule has 0 aliphatic rings. The second-order valence-corrected chi connectivity index (χ2v) is 9.96. The van der Waals surface area contributed by atoms with Crippen molar-refractivity contribution in [3.05, 3.63) is 92.5 Å². The standard InChI is InChI=1S/C21H12N6O5S3/c28-26(29)14-5-9-16(10-6-14)32-15-7-3-13(4-8-15)25-19(17-2-1-11-33-17)23-24-20(25)35-21-22-12-18(34-21)27(30)31/h1-12H. The van der Waals surface area contributed by atoms with Gasteiger partial charge in [-0.1, -0.05) is 6.07 Å². The predicted molar refractivity (Wildman–Crippen MR) is 131 cm³/mol. The normalized spacial score (nSPS) is 10.9. The molecule has 11 nitrogen and oxygen atoms in total. The van der Waals surface area contributed by atoms with E-state index in [2.05, 4.69) is 15.2 Å². The number of nitro benzene ring substituents is 1. The van der Waals surface area contributed by atoms with Gasteiger partial charge in [0.25, 0.3) is 5.69 Å². The van der Waals surface area contributed by atoms with Crippen LogP contribution in [0.1, 0.15) is 0 Å². The Morgan fingerprint density at radius 2 is 1.63 bits per heavy atom. The molecule has 2 aromatic carbocycles. The Balaban J connectivity index is 1.45. The first-order valence-electron chi connectivity index (χ1n) is 9.78. The zero-order chi connectivity index (χ0) is 24.4. The topological polar surface area (TPSA) is 139 Å². The Morgan fingerprint density at radius 1 is 0.914 bits per heavy atom. The maximum atomic E-state index is 11.0. The molecule has 0 fully saturated rings. The lowest BCUT2D eigenvalue weighted by Gasteiger charge is -2.10. The van der Waals surface area contributed by atoms with Gasteiger partial charge in [-0.15, -0.1) is 21.5 Å². The van der Waals surface area contributed by atoms with Gasteiger partial charge in [0, 0.05) is 12.1 Å². The lowest BCUT2D eigenvalue weighted by atomic mass is 10.2. The lowest BCUT2D eigenvalue weighted by Crippen LogP contribution is -1.99. The predicted octanol–water partition coefficient (Wildman–Crippen LogP) is 6.21. The molecule has 0 bridgehead atoms. The van der Waals surface area contributed by atoms with E-state index in [-0.39, 0.29) is 10.7 Å². The van der Waals surface area contributed by atoms with Crippen molar-refractivity contribution in [2.45, 2.75) is 9.50 Å². The van der Waals surface area contributed by atoms with Crippen molar-refractivity contribution < 1.29 is 14.6 Å². The summed E-state index contributed by atoms with van der Waals surface area (Å²) in [6.45, 7) is 0. The highest BCUT2D eigenvalue weighted by Crippen LogP contribution is 2.37. The number of hydrogen-bond donors (Lipinski definition) is 0. The summed E-state index contributed by atoms with van der Waals surface area (Å²) in [5.74, 6) is 1.63. The summed E-state index contributed by atoms with van der Waals surface area (Å²) in [5.41, 5.74) is 0.736. The second-order valence-electron chi connectivity index (χ2n) is 6.79. The summed E-state index contributed by atoms with van der Waals surface area (Å²) in [7, 11) is 0. The molecule has 5 aromatic rings. The van der Waals surface area contributed by atoms with Crippen molar-refractivity contribution in [3.8, 4) is 27.9 Å². The number of aromatic nitrogens is 4. The number of rotatable bonds is 8. The highest BCUT2D eigenvalue weighted by atomic mass is 32.2. The zero-order valence-electron chi connectivity index (χ0n) is 17.4. The number of non-ortho nitro benzene ring substituents is 1. The van der Waals surface area contributed by atoms with Gasteiger partial charge in [0.15, 0.2) is 10.2 Å². The molecular weight excluding hydrogens is 512 g/mol. The van der Waals surface area contributed by atoms with E-state index < -0.39 is 9.85 Å². The largest absolute Gasteiger partial charge is 0.457 e. The summed E-state index contributed by atoms with van der Waals surface area (Å²) < 4.78 is 8.12. The van der Waals surface area contributed by atoms with Crippen molar-refractivity contribution >= 4 is 45.1 Å². The molecular formula is C21H12N6O5S3. The number of thiophene rings is 1. The van der Waals surface area contributed by atoms with Gasteiger partial charge >= 0.3 is 5.00 Å². The number of nitro groups is 2. The second kappa shape index (κ2) is 9.61. The minimum Gasteiger partial charge on any atom is -0.457 e. The number of thiazole rings is 1. The van der Waals surface area contributed by atoms with Gasteiger partial charge in [-0.2, -0.15) is 0 Å². The van der Waals surface area contributed by atoms with Crippen LogP contribution in [-0.2, 0) is 0 Å². The molecule has 14 heteroatoms. The molecule has 0 aliphatic carbocycles. The quantitative estimate of drug-likeness (QED) is 0.171. The summed E-state index contributed by atoms with van der Waals surface area (Å²) in [6.07, 6.45) is 1.22. The lowest BCUT2D eigenvalue weighted by molar-refractivity contribution is -0.384. The minimum absolute atomic E-state index is 0.0167. The first-order valence-corrected chi connectivity index (χ1v) is 12.3. The maximum absolute atomic E-state index is 11.0. The molecule has 174 valence electrons. The zero-order valence-corrected chi connectivity index (χ0v) is 19.8. The Bertz CT molecular complexity index is 1500. The van der Waals surface area contributed by atoms with Crippen LogP contribution in [0.25, 0.3) is 16.4 Å². The van der Waals surface area contributed by atoms with E-state index in [0.717, 1.165) is 21.9 Å². The Labute approximate surface area is 209 Å². The van der Waals surface area contributed by atoms with Gasteiger partial charge in [0.2, 0.25) is 5.16 Å². The Morgan fingerprint density at radius 3 is 2.23 bits per heavy atom. The average molecular weight is 525 g/mol. The van der Waals surface area contributed by atoms with Gasteiger partial charge in [0.05, 0.1) is 20.4 Å². The number of ether oxygens (including phenoxy) is 1. The summed E-state index contributed by atoms with van der Waals surface area (Å²) in [5, 5.41) is 32.9. The molecule has 0 saturated heterocycles. The van der Waals surface area contributed by atoms with Crippen LogP contribution in [0, 0.1) is 20.2 Å². The molecule has 35 heavy (non-hydrogen) atoms. The third-order valence-electron chi connectivity index (χ3n) is 4.58. The SMILES string of the molecule is O=[N+]([O-])c1ccc(Oc2ccc(-n3c(Sc4ncc([N+](=O)[O-])s4)nnc3-c3cccs3)cc2)cc1. The van der Waals surface area contributed by atoms with Gasteiger partial charge in [-0.05, 0) is 70.9 Å². The molecule has 0 spiro atoms. The molecule has 5 rings (SSSR count). The Hall–Kier alpha value is -4.14. The molecule has 3 aromatic heterocycles. The van der Waals surface area contributed by atoms with Crippen molar-refractivity contribution in [1.29, 1.82) is 0 Å². The molecule has 0 saturated carbocycles. The fraction of sp³-hybridized carbons (Fsp3) is 0. The Kier molecular flexibility index (Phi) is 6.22. The van der Waals surface area contributed by atoms with Gasteiger partial charge in [-0.3, -0.25) is 24.8 Å². The molecule has 0 atom stereocenters. The first-order chi connectivity index (χ1) is 17.0. The van der Waals surface area contributed by atoms with Gasteiger partial charge < -0.3 is 4.74 Å². The minimum atomic E-state index is -0.479. The molecule has 0 N–H and O–H groups in total. The molecule has 3 heterocycles. The summed E-state index contributed by atoms with van der Waals surface area (Å²) >= 11 is 3.66. The van der Waals surface area contributed by atoms with E-state index in [0.29, 0.717) is 26.8 Å². The van der Waals surface area contributed by atoms with E-state index >= 15 is 0 Å². The monoisotopic (exact) mass is 524 g/mol.